The van der Waals surface area contributed by atoms with Crippen LogP contribution in [0.2, 0.25) is 0 Å². The van der Waals surface area contributed by atoms with E-state index >= 15 is 0 Å². The zero-order valence-electron chi connectivity index (χ0n) is 26.6. The van der Waals surface area contributed by atoms with Crippen LogP contribution < -0.4 is 16.4 Å². The molecule has 0 amide bonds. The Kier molecular flexibility index (Phi) is 6.58. The van der Waals surface area contributed by atoms with Crippen LogP contribution in [0.15, 0.2) is 165 Å². The largest absolute Gasteiger partial charge is 0.307 e. The fraction of sp³-hybridized carbons (Fsp3) is 0. The Morgan fingerprint density at radius 3 is 1.38 bits per heavy atom. The van der Waals surface area contributed by atoms with Crippen LogP contribution in [0.1, 0.15) is 11.1 Å². The first kappa shape index (κ1) is 29.0. The van der Waals surface area contributed by atoms with E-state index in [9.17, 15) is 10.5 Å². The van der Waals surface area contributed by atoms with Crippen molar-refractivity contribution in [2.75, 3.05) is 0 Å². The van der Waals surface area contributed by atoms with Gasteiger partial charge in [-0.1, -0.05) is 156 Å². The van der Waals surface area contributed by atoms with E-state index in [1.54, 1.807) is 23.5 Å². The van der Waals surface area contributed by atoms with Crippen LogP contribution in [0.4, 0.5) is 0 Å². The first-order valence-electron chi connectivity index (χ1n) is 16.5. The fourth-order valence-electron chi connectivity index (χ4n) is 7.83. The maximum Gasteiger partial charge on any atom is 0.247 e. The Morgan fingerprint density at radius 2 is 0.920 bits per heavy atom. The van der Waals surface area contributed by atoms with Crippen LogP contribution in [-0.2, 0) is 0 Å². The van der Waals surface area contributed by atoms with Gasteiger partial charge in [0.25, 0.3) is 0 Å². The molecule has 10 rings (SSSR count). The number of fused-ring (bicyclic) bond motifs is 7. The van der Waals surface area contributed by atoms with Crippen LogP contribution in [0.25, 0.3) is 49.7 Å². The molecule has 2 aliphatic heterocycles. The van der Waals surface area contributed by atoms with E-state index in [0.29, 0.717) is 16.8 Å². The van der Waals surface area contributed by atoms with E-state index < -0.39 is 0 Å². The van der Waals surface area contributed by atoms with Gasteiger partial charge in [-0.25, -0.2) is 0 Å². The number of nitriles is 2. The first-order chi connectivity index (χ1) is 24.7. The van der Waals surface area contributed by atoms with Crippen LogP contribution in [-0.4, -0.2) is 11.3 Å². The highest BCUT2D eigenvalue weighted by molar-refractivity contribution is 8.01. The molecule has 0 spiro atoms. The topological polar surface area (TPSA) is 52.5 Å². The van der Waals surface area contributed by atoms with Crippen molar-refractivity contribution < 1.29 is 0 Å². The first-order valence-corrected chi connectivity index (χ1v) is 18.1. The molecule has 0 fully saturated rings. The molecule has 0 radical (unpaired) electrons. The van der Waals surface area contributed by atoms with Gasteiger partial charge in [-0.05, 0) is 52.0 Å². The summed E-state index contributed by atoms with van der Waals surface area (Å²) in [6, 6.07) is 56.3. The van der Waals surface area contributed by atoms with Gasteiger partial charge in [0.2, 0.25) is 6.71 Å². The number of aromatic nitrogens is 1. The van der Waals surface area contributed by atoms with Gasteiger partial charge in [0.05, 0.1) is 27.8 Å². The number of hydrogen-bond donors (Lipinski definition) is 0. The average Bonchev–Trinajstić information content (AvgIpc) is 3.52. The van der Waals surface area contributed by atoms with Gasteiger partial charge in [0, 0.05) is 30.4 Å². The molecule has 50 heavy (non-hydrogen) atoms. The molecule has 0 N–H and O–H groups in total. The molecule has 0 saturated carbocycles. The normalized spacial score (nSPS) is 12.6. The summed E-state index contributed by atoms with van der Waals surface area (Å²) in [5.74, 6) is 0. The Labute approximate surface area is 298 Å². The lowest BCUT2D eigenvalue weighted by molar-refractivity contribution is 1.11. The Hall–Kier alpha value is -5.92. The summed E-state index contributed by atoms with van der Waals surface area (Å²) >= 11 is 3.33. The van der Waals surface area contributed by atoms with Crippen LogP contribution in [0.5, 0.6) is 0 Å². The number of hydrogen-bond acceptors (Lipinski definition) is 4. The van der Waals surface area contributed by atoms with Crippen molar-refractivity contribution in [3.63, 3.8) is 0 Å². The summed E-state index contributed by atoms with van der Waals surface area (Å²) in [4.78, 5) is 4.13. The molecular weight excluding hydrogens is 645 g/mol. The quantitative estimate of drug-likeness (QED) is 0.176. The predicted octanol–water partition coefficient (Wildman–Crippen LogP) is 9.31. The van der Waals surface area contributed by atoms with Crippen LogP contribution in [0, 0.1) is 22.7 Å². The van der Waals surface area contributed by atoms with Crippen molar-refractivity contribution >= 4 is 68.4 Å². The van der Waals surface area contributed by atoms with Crippen molar-refractivity contribution in [3.05, 3.63) is 157 Å². The van der Waals surface area contributed by atoms with E-state index in [4.69, 9.17) is 0 Å². The third-order valence-corrected chi connectivity index (χ3v) is 12.5. The van der Waals surface area contributed by atoms with Crippen molar-refractivity contribution in [3.8, 4) is 40.1 Å². The number of nitrogens with zero attached hydrogens (tertiary/aromatic N) is 3. The molecule has 0 aliphatic carbocycles. The highest BCUT2D eigenvalue weighted by Gasteiger charge is 2.42. The van der Waals surface area contributed by atoms with Gasteiger partial charge in [0.15, 0.2) is 0 Å². The number of benzene rings is 7. The molecule has 2 aliphatic rings. The number of para-hydroxylation sites is 2. The molecule has 7 aromatic carbocycles. The third kappa shape index (κ3) is 4.20. The maximum atomic E-state index is 11.1. The third-order valence-electron chi connectivity index (χ3n) is 10.0. The lowest BCUT2D eigenvalue weighted by Gasteiger charge is -2.35. The summed E-state index contributed by atoms with van der Waals surface area (Å²) < 4.78 is 2.15. The second-order valence-corrected chi connectivity index (χ2v) is 14.7. The molecule has 230 valence electrons. The molecule has 0 unspecified atom stereocenters. The Morgan fingerprint density at radius 1 is 0.480 bits per heavy atom. The van der Waals surface area contributed by atoms with E-state index in [-0.39, 0.29) is 6.71 Å². The van der Waals surface area contributed by atoms with Crippen molar-refractivity contribution in [1.29, 1.82) is 10.5 Å². The molecule has 0 saturated heterocycles. The minimum atomic E-state index is -0.147. The van der Waals surface area contributed by atoms with Crippen molar-refractivity contribution in [2.24, 2.45) is 0 Å². The molecule has 3 nitrogen and oxygen atoms in total. The minimum Gasteiger partial charge on any atom is -0.307 e. The fourth-order valence-corrected chi connectivity index (χ4v) is 10.3. The molecule has 0 atom stereocenters. The molecular formula is C44H24BN3S2. The molecule has 3 heterocycles. The summed E-state index contributed by atoms with van der Waals surface area (Å²) in [5.41, 5.74) is 11.8. The standard InChI is InChI=1S/C44H24BN3S2/c46-25-33-42(48-37-17-9-7-15-31(37)32-16-8-10-18-38(32)48)34(26-47)44-41-43(33)49-39-21-19-29(27-11-3-1-4-12-27)23-35(39)45(41)36-24-30(20-22-40(36)50-44)28-13-5-2-6-14-28/h1-24H. The second kappa shape index (κ2) is 11.3. The van der Waals surface area contributed by atoms with E-state index in [1.165, 1.54) is 10.9 Å². The molecule has 0 bridgehead atoms. The minimum absolute atomic E-state index is 0.147. The summed E-state index contributed by atoms with van der Waals surface area (Å²) in [6.07, 6.45) is 0. The summed E-state index contributed by atoms with van der Waals surface area (Å²) in [7, 11) is 0. The summed E-state index contributed by atoms with van der Waals surface area (Å²) in [6.45, 7) is -0.147. The van der Waals surface area contributed by atoms with Gasteiger partial charge < -0.3 is 4.57 Å². The highest BCUT2D eigenvalue weighted by atomic mass is 32.2. The van der Waals surface area contributed by atoms with E-state index in [1.807, 2.05) is 36.4 Å². The summed E-state index contributed by atoms with van der Waals surface area (Å²) in [5, 5.41) is 24.5. The average molecular weight is 670 g/mol. The zero-order valence-corrected chi connectivity index (χ0v) is 28.2. The van der Waals surface area contributed by atoms with Gasteiger partial charge in [0.1, 0.15) is 12.1 Å². The monoisotopic (exact) mass is 669 g/mol. The highest BCUT2D eigenvalue weighted by Crippen LogP contribution is 2.46. The van der Waals surface area contributed by atoms with Gasteiger partial charge in [-0.2, -0.15) is 10.5 Å². The van der Waals surface area contributed by atoms with Crippen LogP contribution in [0.3, 0.4) is 0 Å². The smallest absolute Gasteiger partial charge is 0.247 e. The number of rotatable bonds is 3. The second-order valence-electron chi connectivity index (χ2n) is 12.6. The lowest BCUT2D eigenvalue weighted by atomic mass is 9.36. The van der Waals surface area contributed by atoms with Gasteiger partial charge in [-0.15, -0.1) is 0 Å². The maximum absolute atomic E-state index is 11.1. The molecule has 1 aromatic heterocycles. The van der Waals surface area contributed by atoms with Crippen molar-refractivity contribution in [1.82, 2.24) is 4.57 Å². The van der Waals surface area contributed by atoms with Crippen molar-refractivity contribution in [2.45, 2.75) is 19.6 Å². The van der Waals surface area contributed by atoms with Crippen LogP contribution >= 0.6 is 23.5 Å². The Balaban J connectivity index is 1.31. The predicted molar refractivity (Wildman–Crippen MR) is 207 cm³/mol. The van der Waals surface area contributed by atoms with E-state index in [0.717, 1.165) is 69.1 Å². The molecule has 8 aromatic rings. The SMILES string of the molecule is N#Cc1c2c3c(c(C#N)c1-n1c4ccccc4c4ccccc41)Sc1ccc(-c4ccccc4)cc1B3c1cc(-c3ccccc3)ccc1S2. The van der Waals surface area contributed by atoms with E-state index in [2.05, 4.69) is 126 Å². The molecule has 6 heteroatoms. The Bertz CT molecular complexity index is 2610. The zero-order chi connectivity index (χ0) is 33.3. The van der Waals surface area contributed by atoms with Gasteiger partial charge >= 0.3 is 0 Å². The van der Waals surface area contributed by atoms with Gasteiger partial charge in [-0.3, -0.25) is 0 Å². The lowest BCUT2D eigenvalue weighted by Crippen LogP contribution is -2.58.